The topological polar surface area (TPSA) is 72.7 Å². The van der Waals surface area contributed by atoms with E-state index in [2.05, 4.69) is 63.2 Å². The van der Waals surface area contributed by atoms with Crippen molar-refractivity contribution in [1.29, 1.82) is 0 Å². The zero-order valence-corrected chi connectivity index (χ0v) is 17.6. The van der Waals surface area contributed by atoms with Gasteiger partial charge in [0.1, 0.15) is 0 Å². The van der Waals surface area contributed by atoms with Crippen molar-refractivity contribution in [1.82, 2.24) is 20.6 Å². The predicted molar refractivity (Wildman–Crippen MR) is 126 cm³/mol. The van der Waals surface area contributed by atoms with Gasteiger partial charge in [-0.05, 0) is 55.4 Å². The first-order valence-corrected chi connectivity index (χ1v) is 11.1. The first-order valence-electron chi connectivity index (χ1n) is 11.1. The molecule has 0 atom stereocenters. The van der Waals surface area contributed by atoms with Crippen LogP contribution in [-0.2, 0) is 17.6 Å². The lowest BCUT2D eigenvalue weighted by atomic mass is 10.1. The number of hydrogen-bond donors (Lipinski definition) is 4. The Morgan fingerprint density at radius 3 is 2.10 bits per heavy atom. The van der Waals surface area contributed by atoms with Gasteiger partial charge in [-0.1, -0.05) is 36.4 Å². The molecule has 31 heavy (non-hydrogen) atoms. The average Bonchev–Trinajstić information content (AvgIpc) is 3.53. The zero-order valence-electron chi connectivity index (χ0n) is 17.6. The van der Waals surface area contributed by atoms with Crippen molar-refractivity contribution in [2.24, 2.45) is 0 Å². The van der Waals surface area contributed by atoms with Gasteiger partial charge in [-0.25, -0.2) is 0 Å². The van der Waals surface area contributed by atoms with E-state index in [1.54, 1.807) is 0 Å². The van der Waals surface area contributed by atoms with Crippen LogP contribution in [-0.4, -0.2) is 29.0 Å². The van der Waals surface area contributed by atoms with Gasteiger partial charge in [0, 0.05) is 58.6 Å². The summed E-state index contributed by atoms with van der Waals surface area (Å²) in [6, 6.07) is 16.7. The average molecular weight is 413 g/mol. The van der Waals surface area contributed by atoms with Gasteiger partial charge in [-0.2, -0.15) is 0 Å². The Bertz CT molecular complexity index is 1250. The molecular formula is C26H28N4O. The SMILES string of the molecule is O=C(NCCc1c[nH]c2ccccc12)C1=C(NCCc2c[nH]c3ccccc23)CCC1. The Balaban J connectivity index is 1.16. The minimum atomic E-state index is 0.0759. The van der Waals surface area contributed by atoms with Crippen LogP contribution in [0.2, 0.25) is 0 Å². The van der Waals surface area contributed by atoms with Crippen LogP contribution in [0.4, 0.5) is 0 Å². The highest BCUT2D eigenvalue weighted by atomic mass is 16.1. The molecule has 5 rings (SSSR count). The van der Waals surface area contributed by atoms with Crippen LogP contribution in [0.3, 0.4) is 0 Å². The van der Waals surface area contributed by atoms with Crippen LogP contribution >= 0.6 is 0 Å². The molecule has 5 nitrogen and oxygen atoms in total. The minimum Gasteiger partial charge on any atom is -0.388 e. The zero-order chi connectivity index (χ0) is 21.0. The lowest BCUT2D eigenvalue weighted by Crippen LogP contribution is -2.29. The Morgan fingerprint density at radius 2 is 1.42 bits per heavy atom. The second-order valence-corrected chi connectivity index (χ2v) is 8.21. The van der Waals surface area contributed by atoms with E-state index in [4.69, 9.17) is 0 Å². The van der Waals surface area contributed by atoms with Crippen molar-refractivity contribution in [3.63, 3.8) is 0 Å². The van der Waals surface area contributed by atoms with E-state index < -0.39 is 0 Å². The normalized spacial score (nSPS) is 13.9. The summed E-state index contributed by atoms with van der Waals surface area (Å²) in [4.78, 5) is 19.4. The predicted octanol–water partition coefficient (Wildman–Crippen LogP) is 4.58. The molecular weight excluding hydrogens is 384 g/mol. The lowest BCUT2D eigenvalue weighted by molar-refractivity contribution is -0.117. The molecule has 0 saturated carbocycles. The van der Waals surface area contributed by atoms with Gasteiger partial charge < -0.3 is 20.6 Å². The molecule has 1 aliphatic rings. The van der Waals surface area contributed by atoms with Crippen molar-refractivity contribution in [2.75, 3.05) is 13.1 Å². The maximum absolute atomic E-state index is 12.8. The fraction of sp³-hybridized carbons (Fsp3) is 0.269. The summed E-state index contributed by atoms with van der Waals surface area (Å²) in [6.07, 6.45) is 8.75. The van der Waals surface area contributed by atoms with E-state index in [9.17, 15) is 4.79 Å². The molecule has 5 heteroatoms. The number of para-hydroxylation sites is 2. The van der Waals surface area contributed by atoms with Gasteiger partial charge in [-0.3, -0.25) is 4.79 Å². The number of amides is 1. The first kappa shape index (κ1) is 19.5. The summed E-state index contributed by atoms with van der Waals surface area (Å²) in [6.45, 7) is 1.48. The highest BCUT2D eigenvalue weighted by Gasteiger charge is 2.20. The van der Waals surface area contributed by atoms with Crippen LogP contribution in [0.15, 0.2) is 72.2 Å². The molecule has 2 aromatic heterocycles. The number of carbonyl (C=O) groups excluding carboxylic acids is 1. The van der Waals surface area contributed by atoms with Crippen molar-refractivity contribution >= 4 is 27.7 Å². The summed E-state index contributed by atoms with van der Waals surface area (Å²) in [5.41, 5.74) is 6.92. The molecule has 1 amide bonds. The number of nitrogens with one attached hydrogen (secondary N) is 4. The van der Waals surface area contributed by atoms with Gasteiger partial charge in [0.25, 0.3) is 0 Å². The fourth-order valence-corrected chi connectivity index (χ4v) is 4.63. The number of aromatic nitrogens is 2. The van der Waals surface area contributed by atoms with Crippen LogP contribution < -0.4 is 10.6 Å². The molecule has 2 aromatic carbocycles. The number of H-pyrrole nitrogens is 2. The van der Waals surface area contributed by atoms with E-state index in [0.29, 0.717) is 6.54 Å². The molecule has 0 aliphatic heterocycles. The number of carbonyl (C=O) groups is 1. The van der Waals surface area contributed by atoms with Crippen LogP contribution in [0.5, 0.6) is 0 Å². The van der Waals surface area contributed by atoms with Crippen molar-refractivity contribution in [3.05, 3.63) is 83.3 Å². The highest BCUT2D eigenvalue weighted by Crippen LogP contribution is 2.25. The number of benzene rings is 2. The second-order valence-electron chi connectivity index (χ2n) is 8.21. The third-order valence-electron chi connectivity index (χ3n) is 6.25. The van der Waals surface area contributed by atoms with Gasteiger partial charge in [0.2, 0.25) is 5.91 Å². The third-order valence-corrected chi connectivity index (χ3v) is 6.25. The smallest absolute Gasteiger partial charge is 0.248 e. The molecule has 1 aliphatic carbocycles. The fourth-order valence-electron chi connectivity index (χ4n) is 4.63. The molecule has 0 saturated heterocycles. The largest absolute Gasteiger partial charge is 0.388 e. The van der Waals surface area contributed by atoms with Crippen LogP contribution in [0.25, 0.3) is 21.8 Å². The molecule has 0 fully saturated rings. The van der Waals surface area contributed by atoms with Gasteiger partial charge in [-0.15, -0.1) is 0 Å². The van der Waals surface area contributed by atoms with Crippen molar-refractivity contribution in [3.8, 4) is 0 Å². The number of fused-ring (bicyclic) bond motifs is 2. The van der Waals surface area contributed by atoms with Gasteiger partial charge in [0.15, 0.2) is 0 Å². The first-order chi connectivity index (χ1) is 15.3. The Morgan fingerprint density at radius 1 is 0.806 bits per heavy atom. The van der Waals surface area contributed by atoms with Gasteiger partial charge >= 0.3 is 0 Å². The summed E-state index contributed by atoms with van der Waals surface area (Å²) in [5.74, 6) is 0.0759. The molecule has 2 heterocycles. The maximum Gasteiger partial charge on any atom is 0.248 e. The van der Waals surface area contributed by atoms with E-state index in [1.807, 2.05) is 18.3 Å². The molecule has 0 radical (unpaired) electrons. The lowest BCUT2D eigenvalue weighted by Gasteiger charge is -2.11. The van der Waals surface area contributed by atoms with E-state index in [0.717, 1.165) is 55.4 Å². The van der Waals surface area contributed by atoms with Crippen LogP contribution in [0.1, 0.15) is 30.4 Å². The number of hydrogen-bond acceptors (Lipinski definition) is 2. The Kier molecular flexibility index (Phi) is 5.48. The molecule has 0 unspecified atom stereocenters. The summed E-state index contributed by atoms with van der Waals surface area (Å²) in [5, 5.41) is 9.18. The number of aromatic amines is 2. The summed E-state index contributed by atoms with van der Waals surface area (Å²) in [7, 11) is 0. The van der Waals surface area contributed by atoms with E-state index in [1.165, 1.54) is 27.4 Å². The second kappa shape index (κ2) is 8.72. The Hall–Kier alpha value is -3.47. The summed E-state index contributed by atoms with van der Waals surface area (Å²) < 4.78 is 0. The monoisotopic (exact) mass is 412 g/mol. The highest BCUT2D eigenvalue weighted by molar-refractivity contribution is 5.94. The number of allylic oxidation sites excluding steroid dienone is 1. The van der Waals surface area contributed by atoms with Gasteiger partial charge in [0.05, 0.1) is 0 Å². The van der Waals surface area contributed by atoms with Crippen molar-refractivity contribution < 1.29 is 4.79 Å². The van der Waals surface area contributed by atoms with Crippen molar-refractivity contribution in [2.45, 2.75) is 32.1 Å². The molecule has 0 spiro atoms. The number of rotatable bonds is 8. The maximum atomic E-state index is 12.8. The molecule has 0 bridgehead atoms. The van der Waals surface area contributed by atoms with Crippen LogP contribution in [0, 0.1) is 0 Å². The quantitative estimate of drug-likeness (QED) is 0.342. The molecule has 4 N–H and O–H groups in total. The molecule has 158 valence electrons. The van der Waals surface area contributed by atoms with E-state index >= 15 is 0 Å². The minimum absolute atomic E-state index is 0.0759. The summed E-state index contributed by atoms with van der Waals surface area (Å²) >= 11 is 0. The molecule has 4 aromatic rings. The third kappa shape index (κ3) is 4.08. The standard InChI is InChI=1S/C26H28N4O/c31-26(28-15-13-19-17-30-24-10-4-2-7-21(19)24)22-8-5-11-25(22)27-14-12-18-16-29-23-9-3-1-6-20(18)23/h1-4,6-7,9-10,16-17,27,29-30H,5,8,11-15H2,(H,28,31). The van der Waals surface area contributed by atoms with E-state index in [-0.39, 0.29) is 5.91 Å². The Labute approximate surface area is 181 Å².